The lowest BCUT2D eigenvalue weighted by atomic mass is 10.2. The van der Waals surface area contributed by atoms with E-state index in [1.165, 1.54) is 0 Å². The van der Waals surface area contributed by atoms with Gasteiger partial charge in [-0.2, -0.15) is 11.8 Å². The molecule has 19 heavy (non-hydrogen) atoms. The number of nitrogens with zero attached hydrogens (tertiary/aromatic N) is 1. The Morgan fingerprint density at radius 2 is 2.32 bits per heavy atom. The lowest BCUT2D eigenvalue weighted by Crippen LogP contribution is -2.37. The van der Waals surface area contributed by atoms with Crippen LogP contribution in [0.3, 0.4) is 0 Å². The number of halogens is 1. The fourth-order valence-corrected chi connectivity index (χ4v) is 2.25. The summed E-state index contributed by atoms with van der Waals surface area (Å²) in [5, 5.41) is 7.27. The summed E-state index contributed by atoms with van der Waals surface area (Å²) in [5.41, 5.74) is 1.14. The molecule has 2 N–H and O–H groups in total. The molecular weight excluding hydrogens is 278 g/mol. The van der Waals surface area contributed by atoms with Crippen molar-refractivity contribution in [3.8, 4) is 0 Å². The van der Waals surface area contributed by atoms with Gasteiger partial charge in [0.1, 0.15) is 0 Å². The molecule has 5 heteroatoms. The Kier molecular flexibility index (Phi) is 8.18. The standard InChI is InChI=1S/C14H20ClN3S/c1-3-8-19-9-7-17-14(16-2)18-11-12-5-4-6-13(15)10-12/h3-6,10H,1,7-9,11H2,2H3,(H2,16,17,18). The monoisotopic (exact) mass is 297 g/mol. The number of hydrogen-bond donors (Lipinski definition) is 2. The molecule has 0 aromatic heterocycles. The quantitative estimate of drug-likeness (QED) is 0.352. The van der Waals surface area contributed by atoms with Crippen LogP contribution >= 0.6 is 23.4 Å². The minimum absolute atomic E-state index is 0.708. The van der Waals surface area contributed by atoms with E-state index in [0.717, 1.165) is 34.6 Å². The van der Waals surface area contributed by atoms with Crippen LogP contribution in [0.15, 0.2) is 41.9 Å². The van der Waals surface area contributed by atoms with Crippen LogP contribution in [-0.4, -0.2) is 31.1 Å². The highest BCUT2D eigenvalue weighted by Crippen LogP contribution is 2.10. The molecule has 0 radical (unpaired) electrons. The topological polar surface area (TPSA) is 36.4 Å². The van der Waals surface area contributed by atoms with Crippen LogP contribution in [0.25, 0.3) is 0 Å². The fraction of sp³-hybridized carbons (Fsp3) is 0.357. The Morgan fingerprint density at radius 1 is 1.47 bits per heavy atom. The maximum absolute atomic E-state index is 5.94. The number of aliphatic imine (C=N–C) groups is 1. The fourth-order valence-electron chi connectivity index (χ4n) is 1.46. The molecule has 0 aliphatic carbocycles. The molecule has 0 aliphatic heterocycles. The molecule has 0 atom stereocenters. The van der Waals surface area contributed by atoms with Crippen molar-refractivity contribution in [1.82, 2.24) is 10.6 Å². The van der Waals surface area contributed by atoms with Gasteiger partial charge in [0.15, 0.2) is 5.96 Å². The third-order valence-electron chi connectivity index (χ3n) is 2.35. The Balaban J connectivity index is 2.27. The van der Waals surface area contributed by atoms with Crippen LogP contribution in [0.1, 0.15) is 5.56 Å². The molecule has 0 fully saturated rings. The van der Waals surface area contributed by atoms with E-state index >= 15 is 0 Å². The van der Waals surface area contributed by atoms with Gasteiger partial charge in [0.05, 0.1) is 0 Å². The molecule has 3 nitrogen and oxygen atoms in total. The average Bonchev–Trinajstić information content (AvgIpc) is 2.42. The van der Waals surface area contributed by atoms with Gasteiger partial charge in [0.2, 0.25) is 0 Å². The van der Waals surface area contributed by atoms with Crippen molar-refractivity contribution in [2.75, 3.05) is 25.1 Å². The molecule has 1 aromatic carbocycles. The van der Waals surface area contributed by atoms with Crippen LogP contribution in [0.2, 0.25) is 5.02 Å². The first-order valence-electron chi connectivity index (χ1n) is 6.14. The zero-order valence-electron chi connectivity index (χ0n) is 11.2. The van der Waals surface area contributed by atoms with Gasteiger partial charge in [0.25, 0.3) is 0 Å². The first-order valence-corrected chi connectivity index (χ1v) is 7.67. The smallest absolute Gasteiger partial charge is 0.191 e. The van der Waals surface area contributed by atoms with Crippen LogP contribution in [0.5, 0.6) is 0 Å². The summed E-state index contributed by atoms with van der Waals surface area (Å²) in [6, 6.07) is 7.80. The second kappa shape index (κ2) is 9.75. The maximum atomic E-state index is 5.94. The molecule has 0 amide bonds. The lowest BCUT2D eigenvalue weighted by molar-refractivity contribution is 0.833. The third-order valence-corrected chi connectivity index (χ3v) is 3.55. The first kappa shape index (κ1) is 15.9. The molecule has 0 unspecified atom stereocenters. The van der Waals surface area contributed by atoms with Gasteiger partial charge >= 0.3 is 0 Å². The molecule has 0 bridgehead atoms. The van der Waals surface area contributed by atoms with Gasteiger partial charge in [-0.15, -0.1) is 6.58 Å². The molecular formula is C14H20ClN3S. The van der Waals surface area contributed by atoms with Crippen LogP contribution in [0.4, 0.5) is 0 Å². The Morgan fingerprint density at radius 3 is 3.00 bits per heavy atom. The predicted octanol–water partition coefficient (Wildman–Crippen LogP) is 2.92. The van der Waals surface area contributed by atoms with E-state index in [-0.39, 0.29) is 0 Å². The van der Waals surface area contributed by atoms with Gasteiger partial charge in [-0.05, 0) is 17.7 Å². The first-order chi connectivity index (χ1) is 9.26. The summed E-state index contributed by atoms with van der Waals surface area (Å²) in [7, 11) is 1.77. The maximum Gasteiger partial charge on any atom is 0.191 e. The molecule has 104 valence electrons. The summed E-state index contributed by atoms with van der Waals surface area (Å²) >= 11 is 7.78. The molecule has 1 rings (SSSR count). The van der Waals surface area contributed by atoms with Crippen LogP contribution in [0, 0.1) is 0 Å². The summed E-state index contributed by atoms with van der Waals surface area (Å²) in [6.07, 6.45) is 1.91. The minimum atomic E-state index is 0.708. The lowest BCUT2D eigenvalue weighted by Gasteiger charge is -2.11. The molecule has 0 spiro atoms. The number of guanidine groups is 1. The van der Waals surface area contributed by atoms with E-state index in [0.29, 0.717) is 6.54 Å². The highest BCUT2D eigenvalue weighted by Gasteiger charge is 1.98. The number of benzene rings is 1. The second-order valence-corrected chi connectivity index (χ2v) is 5.43. The summed E-state index contributed by atoms with van der Waals surface area (Å²) in [5.74, 6) is 2.82. The van der Waals surface area contributed by atoms with Gasteiger partial charge in [-0.25, -0.2) is 0 Å². The number of nitrogens with one attached hydrogen (secondary N) is 2. The Bertz CT molecular complexity index is 421. The molecule has 0 aliphatic rings. The van der Waals surface area contributed by atoms with E-state index < -0.39 is 0 Å². The van der Waals surface area contributed by atoms with Gasteiger partial charge in [-0.1, -0.05) is 29.8 Å². The van der Waals surface area contributed by atoms with Crippen LogP contribution < -0.4 is 10.6 Å². The van der Waals surface area contributed by atoms with Crippen molar-refractivity contribution in [1.29, 1.82) is 0 Å². The van der Waals surface area contributed by atoms with E-state index in [1.807, 2.05) is 42.1 Å². The van der Waals surface area contributed by atoms with Crippen molar-refractivity contribution in [2.24, 2.45) is 4.99 Å². The molecule has 0 heterocycles. The van der Waals surface area contributed by atoms with Crippen molar-refractivity contribution in [2.45, 2.75) is 6.54 Å². The molecule has 0 saturated heterocycles. The normalized spacial score (nSPS) is 11.2. The van der Waals surface area contributed by atoms with Crippen molar-refractivity contribution < 1.29 is 0 Å². The number of thioether (sulfide) groups is 1. The summed E-state index contributed by atoms with van der Waals surface area (Å²) in [4.78, 5) is 4.18. The van der Waals surface area contributed by atoms with Gasteiger partial charge in [-0.3, -0.25) is 4.99 Å². The van der Waals surface area contributed by atoms with Crippen LogP contribution in [-0.2, 0) is 6.54 Å². The highest BCUT2D eigenvalue weighted by atomic mass is 35.5. The Labute approximate surface area is 124 Å². The van der Waals surface area contributed by atoms with Crippen molar-refractivity contribution in [3.63, 3.8) is 0 Å². The van der Waals surface area contributed by atoms with E-state index in [2.05, 4.69) is 22.2 Å². The van der Waals surface area contributed by atoms with E-state index in [1.54, 1.807) is 7.05 Å². The SMILES string of the molecule is C=CCSCCNC(=NC)NCc1cccc(Cl)c1. The second-order valence-electron chi connectivity index (χ2n) is 3.85. The number of hydrogen-bond acceptors (Lipinski definition) is 2. The van der Waals surface area contributed by atoms with E-state index in [4.69, 9.17) is 11.6 Å². The minimum Gasteiger partial charge on any atom is -0.356 e. The zero-order valence-corrected chi connectivity index (χ0v) is 12.7. The zero-order chi connectivity index (χ0) is 13.9. The molecule has 1 aromatic rings. The van der Waals surface area contributed by atoms with E-state index in [9.17, 15) is 0 Å². The summed E-state index contributed by atoms with van der Waals surface area (Å²) in [6.45, 7) is 5.28. The predicted molar refractivity (Wildman–Crippen MR) is 87.2 cm³/mol. The Hall–Kier alpha value is -1.13. The molecule has 0 saturated carbocycles. The third kappa shape index (κ3) is 7.13. The summed E-state index contributed by atoms with van der Waals surface area (Å²) < 4.78 is 0. The average molecular weight is 298 g/mol. The highest BCUT2D eigenvalue weighted by molar-refractivity contribution is 7.99. The van der Waals surface area contributed by atoms with Crippen molar-refractivity contribution in [3.05, 3.63) is 47.5 Å². The largest absolute Gasteiger partial charge is 0.356 e. The van der Waals surface area contributed by atoms with Crippen molar-refractivity contribution >= 4 is 29.3 Å². The van der Waals surface area contributed by atoms with Gasteiger partial charge < -0.3 is 10.6 Å². The number of rotatable bonds is 7. The van der Waals surface area contributed by atoms with Gasteiger partial charge in [0, 0.05) is 36.7 Å².